The van der Waals surface area contributed by atoms with Gasteiger partial charge >= 0.3 is 6.09 Å². The molecule has 0 bridgehead atoms. The third-order valence-electron chi connectivity index (χ3n) is 11.9. The number of oxime groups is 1. The minimum atomic E-state index is -1.48. The molecule has 6 atom stereocenters. The van der Waals surface area contributed by atoms with Gasteiger partial charge in [0, 0.05) is 43.2 Å². The Kier molecular flexibility index (Phi) is 13.8. The van der Waals surface area contributed by atoms with Crippen molar-refractivity contribution in [3.8, 4) is 23.0 Å². The van der Waals surface area contributed by atoms with Crippen LogP contribution < -0.4 is 18.9 Å². The van der Waals surface area contributed by atoms with E-state index < -0.39 is 23.8 Å². The molecule has 3 aromatic carbocycles. The lowest BCUT2D eigenvalue weighted by atomic mass is 9.55. The first-order valence-corrected chi connectivity index (χ1v) is 20.6. The monoisotopic (exact) mass is 814 g/mol. The molecule has 12 nitrogen and oxygen atoms in total. The van der Waals surface area contributed by atoms with Gasteiger partial charge in [-0.2, -0.15) is 0 Å². The number of fused-ring (bicyclic) bond motifs is 3. The van der Waals surface area contributed by atoms with Gasteiger partial charge in [-0.05, 0) is 92.0 Å². The van der Waals surface area contributed by atoms with Crippen molar-refractivity contribution in [1.82, 2.24) is 4.90 Å². The Hall–Kier alpha value is -5.11. The van der Waals surface area contributed by atoms with Crippen molar-refractivity contribution >= 4 is 11.8 Å². The zero-order valence-corrected chi connectivity index (χ0v) is 33.9. The molecule has 6 unspecified atom stereocenters. The van der Waals surface area contributed by atoms with E-state index in [0.717, 1.165) is 42.4 Å². The Morgan fingerprint density at radius 3 is 2.56 bits per heavy atom. The summed E-state index contributed by atoms with van der Waals surface area (Å²) in [6.45, 7) is 6.73. The average Bonchev–Trinajstić information content (AvgIpc) is 3.73. The van der Waals surface area contributed by atoms with Gasteiger partial charge in [0.05, 0.1) is 25.3 Å². The highest BCUT2D eigenvalue weighted by Gasteiger charge is 2.65. The summed E-state index contributed by atoms with van der Waals surface area (Å²) >= 11 is 0. The smallest absolute Gasteiger partial charge is 0.410 e. The largest absolute Gasteiger partial charge is 0.489 e. The number of allylic oxidation sites excluding steroid dienone is 1. The standard InChI is InChI=1S/C46H55FN2O10/c1-4-22-57-46-42(49(45(52)53-3)27-30-16-18-40-41(23-30)56-29-55-40)26-38(48-58-5-2)35-24-31(12-8-10-20-50)34(14-9-11-21-51)43(44(35)46)36-25-33(17-19-39(36)59-46)54-28-32-13-6-7-15-37(32)47/h4,6-7,13,15-19,23-25,31,34,42-44,50-51H,1,5,8-12,14,20-22,26-29H2,2-3H3. The van der Waals surface area contributed by atoms with Crippen LogP contribution in [0.2, 0.25) is 0 Å². The first kappa shape index (κ1) is 42.0. The van der Waals surface area contributed by atoms with Crippen LogP contribution in [-0.4, -0.2) is 79.1 Å². The second-order valence-corrected chi connectivity index (χ2v) is 15.4. The molecule has 7 rings (SSSR count). The number of carbonyl (C=O) groups is 1. The fraction of sp³-hybridized carbons (Fsp3) is 0.478. The van der Waals surface area contributed by atoms with E-state index in [9.17, 15) is 19.4 Å². The molecule has 1 amide bonds. The van der Waals surface area contributed by atoms with Crippen LogP contribution >= 0.6 is 0 Å². The predicted molar refractivity (Wildman–Crippen MR) is 218 cm³/mol. The number of benzene rings is 3. The van der Waals surface area contributed by atoms with Gasteiger partial charge in [0.25, 0.3) is 0 Å². The molecule has 3 aromatic rings. The number of aliphatic hydroxyl groups excluding tert-OH is 2. The summed E-state index contributed by atoms with van der Waals surface area (Å²) in [7, 11) is 1.35. The van der Waals surface area contributed by atoms with Gasteiger partial charge in [0.15, 0.2) is 11.5 Å². The maximum atomic E-state index is 14.7. The van der Waals surface area contributed by atoms with Crippen molar-refractivity contribution in [2.75, 3.05) is 40.3 Å². The van der Waals surface area contributed by atoms with E-state index in [4.69, 9.17) is 38.4 Å². The van der Waals surface area contributed by atoms with Crippen LogP contribution in [0.5, 0.6) is 23.0 Å². The normalized spacial score (nSPS) is 24.3. The summed E-state index contributed by atoms with van der Waals surface area (Å²) in [5.74, 6) is -0.227. The first-order valence-electron chi connectivity index (χ1n) is 20.6. The number of rotatable bonds is 19. The maximum absolute atomic E-state index is 14.7. The number of hydrogen-bond donors (Lipinski definition) is 2. The molecule has 1 fully saturated rings. The van der Waals surface area contributed by atoms with Crippen LogP contribution in [0.15, 0.2) is 90.1 Å². The summed E-state index contributed by atoms with van der Waals surface area (Å²) in [6, 6.07) is 17.0. The molecule has 13 heteroatoms. The van der Waals surface area contributed by atoms with E-state index in [0.29, 0.717) is 53.7 Å². The third-order valence-corrected chi connectivity index (χ3v) is 11.9. The highest BCUT2D eigenvalue weighted by molar-refractivity contribution is 6.03. The summed E-state index contributed by atoms with van der Waals surface area (Å²) in [4.78, 5) is 21.7. The van der Waals surface area contributed by atoms with E-state index in [1.165, 1.54) is 13.2 Å². The Morgan fingerprint density at radius 2 is 1.80 bits per heavy atom. The molecule has 59 heavy (non-hydrogen) atoms. The number of ether oxygens (including phenoxy) is 6. The number of aliphatic hydroxyl groups is 2. The van der Waals surface area contributed by atoms with Gasteiger partial charge in [-0.1, -0.05) is 54.4 Å². The van der Waals surface area contributed by atoms with E-state index in [1.807, 2.05) is 43.3 Å². The maximum Gasteiger partial charge on any atom is 0.410 e. The number of carbonyl (C=O) groups excluding carboxylic acids is 1. The molecule has 2 aliphatic carbocycles. The molecule has 0 saturated heterocycles. The van der Waals surface area contributed by atoms with Gasteiger partial charge in [0.1, 0.15) is 36.6 Å². The average molecular weight is 815 g/mol. The molecule has 316 valence electrons. The van der Waals surface area contributed by atoms with Gasteiger partial charge in [0.2, 0.25) is 12.6 Å². The van der Waals surface area contributed by atoms with Crippen molar-refractivity contribution in [3.05, 3.63) is 107 Å². The Morgan fingerprint density at radius 1 is 1.02 bits per heavy atom. The molecule has 2 heterocycles. The zero-order valence-electron chi connectivity index (χ0n) is 33.9. The molecule has 1 saturated carbocycles. The number of amides is 1. The predicted octanol–water partition coefficient (Wildman–Crippen LogP) is 8.06. The molecule has 0 spiro atoms. The molecule has 0 radical (unpaired) electrons. The second-order valence-electron chi connectivity index (χ2n) is 15.4. The second kappa shape index (κ2) is 19.3. The highest BCUT2D eigenvalue weighted by atomic mass is 19.1. The summed E-state index contributed by atoms with van der Waals surface area (Å²) in [5.41, 5.74) is 3.69. The summed E-state index contributed by atoms with van der Waals surface area (Å²) in [5, 5.41) is 24.5. The number of unbranched alkanes of at least 4 members (excludes halogenated alkanes) is 2. The van der Waals surface area contributed by atoms with Crippen LogP contribution in [-0.2, 0) is 27.5 Å². The molecule has 0 aromatic heterocycles. The van der Waals surface area contributed by atoms with Gasteiger partial charge in [-0.15, -0.1) is 6.58 Å². The van der Waals surface area contributed by atoms with Crippen molar-refractivity contribution in [2.45, 2.75) is 82.8 Å². The SMILES string of the molecule is C=CCOC12Oc3ccc(OCc4ccccc4F)cc3C3C(CCCCO)C(CCCCO)C=C(C(=NOCC)CC1N(Cc1ccc4c(c1)OCO4)C(=O)OC)C32. The zero-order chi connectivity index (χ0) is 41.4. The van der Waals surface area contributed by atoms with Crippen LogP contribution in [0.25, 0.3) is 0 Å². The van der Waals surface area contributed by atoms with E-state index >= 15 is 0 Å². The van der Waals surface area contributed by atoms with Crippen molar-refractivity contribution < 1.29 is 52.7 Å². The molecular formula is C46H55FN2O10. The van der Waals surface area contributed by atoms with Crippen LogP contribution in [0.4, 0.5) is 9.18 Å². The lowest BCUT2D eigenvalue weighted by Gasteiger charge is -2.59. The van der Waals surface area contributed by atoms with Gasteiger partial charge in [-0.3, -0.25) is 4.90 Å². The molecule has 2 aliphatic heterocycles. The molecular weight excluding hydrogens is 760 g/mol. The highest BCUT2D eigenvalue weighted by Crippen LogP contribution is 2.62. The van der Waals surface area contributed by atoms with Crippen molar-refractivity contribution in [2.24, 2.45) is 22.9 Å². The summed E-state index contributed by atoms with van der Waals surface area (Å²) < 4.78 is 52.0. The number of hydrogen-bond acceptors (Lipinski definition) is 11. The molecule has 4 aliphatic rings. The van der Waals surface area contributed by atoms with Crippen LogP contribution in [0, 0.1) is 23.6 Å². The lowest BCUT2D eigenvalue weighted by molar-refractivity contribution is -0.256. The first-order chi connectivity index (χ1) is 28.8. The van der Waals surface area contributed by atoms with Crippen LogP contribution in [0.1, 0.15) is 74.5 Å². The molecule has 2 N–H and O–H groups in total. The fourth-order valence-corrected chi connectivity index (χ4v) is 9.31. The number of methoxy groups -OCH3 is 1. The van der Waals surface area contributed by atoms with Crippen molar-refractivity contribution in [1.29, 1.82) is 0 Å². The van der Waals surface area contributed by atoms with E-state index in [-0.39, 0.29) is 69.8 Å². The Balaban J connectivity index is 1.41. The third kappa shape index (κ3) is 8.78. The topological polar surface area (TPSA) is 138 Å². The minimum absolute atomic E-state index is 0.0118. The van der Waals surface area contributed by atoms with E-state index in [2.05, 4.69) is 12.7 Å². The lowest BCUT2D eigenvalue weighted by Crippen LogP contribution is -2.70. The quantitative estimate of drug-likeness (QED) is 0.0695. The Bertz CT molecular complexity index is 2010. The van der Waals surface area contributed by atoms with Crippen LogP contribution in [0.3, 0.4) is 0 Å². The number of nitrogens with zero attached hydrogens (tertiary/aromatic N) is 2. The fourth-order valence-electron chi connectivity index (χ4n) is 9.31. The van der Waals surface area contributed by atoms with Gasteiger partial charge < -0.3 is 43.5 Å². The minimum Gasteiger partial charge on any atom is -0.489 e. The Labute approximate surface area is 345 Å². The summed E-state index contributed by atoms with van der Waals surface area (Å²) in [6.07, 6.45) is 8.03. The number of halogens is 1. The van der Waals surface area contributed by atoms with Crippen molar-refractivity contribution in [3.63, 3.8) is 0 Å². The van der Waals surface area contributed by atoms with Gasteiger partial charge in [-0.25, -0.2) is 9.18 Å². The van der Waals surface area contributed by atoms with E-state index in [1.54, 1.807) is 29.2 Å².